The van der Waals surface area contributed by atoms with E-state index in [9.17, 15) is 14.4 Å². The number of fused-ring (bicyclic) bond motifs is 5. The van der Waals surface area contributed by atoms with Crippen LogP contribution in [0.2, 0.25) is 0 Å². The Morgan fingerprint density at radius 3 is 2.33 bits per heavy atom. The molecular formula is C17H18N2O5. The van der Waals surface area contributed by atoms with Crippen LogP contribution in [0.25, 0.3) is 0 Å². The van der Waals surface area contributed by atoms with Crippen LogP contribution in [0.15, 0.2) is 24.3 Å². The van der Waals surface area contributed by atoms with Gasteiger partial charge in [0, 0.05) is 0 Å². The van der Waals surface area contributed by atoms with Gasteiger partial charge in [0.25, 0.3) is 17.7 Å². The summed E-state index contributed by atoms with van der Waals surface area (Å²) in [5.41, 5.74) is 3.46. The SMILES string of the molecule is Cc1ccc(OCC(=O)NN2C(=O)C3C4CCC(O4)C3C2=O)cc1. The van der Waals surface area contributed by atoms with Gasteiger partial charge < -0.3 is 9.47 Å². The second kappa shape index (κ2) is 5.59. The van der Waals surface area contributed by atoms with Gasteiger partial charge in [-0.3, -0.25) is 19.8 Å². The van der Waals surface area contributed by atoms with Gasteiger partial charge in [0.2, 0.25) is 0 Å². The molecular weight excluding hydrogens is 312 g/mol. The first-order valence-electron chi connectivity index (χ1n) is 8.07. The molecule has 3 saturated heterocycles. The molecule has 0 saturated carbocycles. The number of carbonyl (C=O) groups is 3. The van der Waals surface area contributed by atoms with E-state index in [2.05, 4.69) is 5.43 Å². The number of aryl methyl sites for hydroxylation is 1. The first-order valence-corrected chi connectivity index (χ1v) is 8.07. The van der Waals surface area contributed by atoms with E-state index in [0.29, 0.717) is 5.75 Å². The molecule has 3 heterocycles. The molecule has 1 aromatic rings. The number of nitrogens with one attached hydrogen (secondary N) is 1. The lowest BCUT2D eigenvalue weighted by Crippen LogP contribution is -2.49. The van der Waals surface area contributed by atoms with Crippen LogP contribution in [0.4, 0.5) is 0 Å². The first-order chi connectivity index (χ1) is 11.5. The Kier molecular flexibility index (Phi) is 3.53. The van der Waals surface area contributed by atoms with Crippen molar-refractivity contribution in [2.24, 2.45) is 11.8 Å². The Labute approximate surface area is 138 Å². The fourth-order valence-corrected chi connectivity index (χ4v) is 3.76. The summed E-state index contributed by atoms with van der Waals surface area (Å²) in [5.74, 6) is -1.63. The molecule has 0 aromatic heterocycles. The molecule has 3 aliphatic heterocycles. The van der Waals surface area contributed by atoms with Gasteiger partial charge in [0.05, 0.1) is 24.0 Å². The number of hydrazine groups is 1. The second-order valence-corrected chi connectivity index (χ2v) is 6.49. The third kappa shape index (κ3) is 2.36. The van der Waals surface area contributed by atoms with Gasteiger partial charge in [0.15, 0.2) is 6.61 Å². The number of amides is 3. The molecule has 4 atom stereocenters. The lowest BCUT2D eigenvalue weighted by atomic mass is 9.81. The summed E-state index contributed by atoms with van der Waals surface area (Å²) < 4.78 is 11.0. The maximum Gasteiger partial charge on any atom is 0.276 e. The maximum atomic E-state index is 12.4. The summed E-state index contributed by atoms with van der Waals surface area (Å²) >= 11 is 0. The van der Waals surface area contributed by atoms with Crippen LogP contribution in [0.3, 0.4) is 0 Å². The molecule has 3 aliphatic rings. The minimum absolute atomic E-state index is 0.192. The molecule has 126 valence electrons. The molecule has 4 rings (SSSR count). The van der Waals surface area contributed by atoms with E-state index in [4.69, 9.17) is 9.47 Å². The Balaban J connectivity index is 1.37. The zero-order chi connectivity index (χ0) is 16.8. The van der Waals surface area contributed by atoms with Gasteiger partial charge in [-0.1, -0.05) is 17.7 Å². The number of carbonyl (C=O) groups excluding carboxylic acids is 3. The number of rotatable bonds is 4. The molecule has 1 aromatic carbocycles. The highest BCUT2D eigenvalue weighted by atomic mass is 16.5. The average Bonchev–Trinajstić information content (AvgIpc) is 3.24. The fourth-order valence-electron chi connectivity index (χ4n) is 3.76. The molecule has 0 spiro atoms. The van der Waals surface area contributed by atoms with E-state index >= 15 is 0 Å². The average molecular weight is 330 g/mol. The van der Waals surface area contributed by atoms with Crippen molar-refractivity contribution in [1.29, 1.82) is 0 Å². The normalized spacial score (nSPS) is 30.6. The lowest BCUT2D eigenvalue weighted by Gasteiger charge is -2.18. The fraction of sp³-hybridized carbons (Fsp3) is 0.471. The van der Waals surface area contributed by atoms with Gasteiger partial charge in [-0.15, -0.1) is 0 Å². The van der Waals surface area contributed by atoms with Gasteiger partial charge in [-0.25, -0.2) is 0 Å². The highest BCUT2D eigenvalue weighted by molar-refractivity contribution is 6.07. The van der Waals surface area contributed by atoms with Crippen molar-refractivity contribution in [2.45, 2.75) is 32.0 Å². The smallest absolute Gasteiger partial charge is 0.276 e. The van der Waals surface area contributed by atoms with Crippen molar-refractivity contribution < 1.29 is 23.9 Å². The zero-order valence-corrected chi connectivity index (χ0v) is 13.2. The van der Waals surface area contributed by atoms with Gasteiger partial charge >= 0.3 is 0 Å². The minimum atomic E-state index is -0.537. The van der Waals surface area contributed by atoms with E-state index < -0.39 is 17.7 Å². The molecule has 1 N–H and O–H groups in total. The number of ether oxygens (including phenoxy) is 2. The molecule has 0 radical (unpaired) electrons. The van der Waals surface area contributed by atoms with E-state index in [1.54, 1.807) is 12.1 Å². The lowest BCUT2D eigenvalue weighted by molar-refractivity contribution is -0.151. The third-order valence-corrected chi connectivity index (χ3v) is 4.91. The summed E-state index contributed by atoms with van der Waals surface area (Å²) in [6.07, 6.45) is 1.20. The van der Waals surface area contributed by atoms with Gasteiger partial charge in [-0.2, -0.15) is 5.01 Å². The monoisotopic (exact) mass is 330 g/mol. The second-order valence-electron chi connectivity index (χ2n) is 6.49. The molecule has 4 unspecified atom stereocenters. The van der Waals surface area contributed by atoms with Crippen molar-refractivity contribution in [3.8, 4) is 5.75 Å². The highest BCUT2D eigenvalue weighted by Gasteiger charge is 2.62. The molecule has 3 amide bonds. The first kappa shape index (κ1) is 15.1. The minimum Gasteiger partial charge on any atom is -0.484 e. The molecule has 3 fully saturated rings. The Bertz CT molecular complexity index is 673. The predicted molar refractivity (Wildman–Crippen MR) is 81.5 cm³/mol. The molecule has 7 nitrogen and oxygen atoms in total. The molecule has 2 bridgehead atoms. The zero-order valence-electron chi connectivity index (χ0n) is 13.2. The van der Waals surface area contributed by atoms with Crippen molar-refractivity contribution in [1.82, 2.24) is 10.4 Å². The Morgan fingerprint density at radius 2 is 1.75 bits per heavy atom. The Hall–Kier alpha value is -2.41. The molecule has 7 heteroatoms. The Morgan fingerprint density at radius 1 is 1.17 bits per heavy atom. The van der Waals surface area contributed by atoms with Gasteiger partial charge in [-0.05, 0) is 31.9 Å². The number of benzene rings is 1. The number of nitrogens with zero attached hydrogens (tertiary/aromatic N) is 1. The summed E-state index contributed by atoms with van der Waals surface area (Å²) in [4.78, 5) is 36.8. The summed E-state index contributed by atoms with van der Waals surface area (Å²) in [6.45, 7) is 1.69. The third-order valence-electron chi connectivity index (χ3n) is 4.91. The largest absolute Gasteiger partial charge is 0.484 e. The van der Waals surface area contributed by atoms with Crippen molar-refractivity contribution in [3.05, 3.63) is 29.8 Å². The van der Waals surface area contributed by atoms with Crippen molar-refractivity contribution in [2.75, 3.05) is 6.61 Å². The highest BCUT2D eigenvalue weighted by Crippen LogP contribution is 2.47. The van der Waals surface area contributed by atoms with Crippen LogP contribution < -0.4 is 10.2 Å². The standard InChI is InChI=1S/C17H18N2O5/c1-9-2-4-10(5-3-9)23-8-13(20)18-19-16(21)14-11-6-7-12(24-11)15(14)17(19)22/h2-5,11-12,14-15H,6-8H2,1H3,(H,18,20). The summed E-state index contributed by atoms with van der Waals surface area (Å²) in [7, 11) is 0. The van der Waals surface area contributed by atoms with Crippen LogP contribution in [-0.2, 0) is 19.1 Å². The van der Waals surface area contributed by atoms with Crippen molar-refractivity contribution >= 4 is 17.7 Å². The van der Waals surface area contributed by atoms with E-state index in [-0.39, 0.29) is 30.6 Å². The molecule has 24 heavy (non-hydrogen) atoms. The van der Waals surface area contributed by atoms with Crippen LogP contribution in [0.1, 0.15) is 18.4 Å². The van der Waals surface area contributed by atoms with E-state index in [1.807, 2.05) is 19.1 Å². The predicted octanol–water partition coefficient (Wildman–Crippen LogP) is 0.567. The summed E-state index contributed by atoms with van der Waals surface area (Å²) in [5, 5.41) is 0.851. The quantitative estimate of drug-likeness (QED) is 0.816. The number of imide groups is 1. The topological polar surface area (TPSA) is 84.9 Å². The van der Waals surface area contributed by atoms with Crippen molar-refractivity contribution in [3.63, 3.8) is 0 Å². The maximum absolute atomic E-state index is 12.4. The van der Waals surface area contributed by atoms with E-state index in [0.717, 1.165) is 23.4 Å². The van der Waals surface area contributed by atoms with E-state index in [1.165, 1.54) is 0 Å². The summed E-state index contributed by atoms with van der Waals surface area (Å²) in [6, 6.07) is 7.26. The van der Waals surface area contributed by atoms with Crippen LogP contribution in [0, 0.1) is 18.8 Å². The van der Waals surface area contributed by atoms with Crippen LogP contribution >= 0.6 is 0 Å². The van der Waals surface area contributed by atoms with Crippen LogP contribution in [0.5, 0.6) is 5.75 Å². The molecule has 0 aliphatic carbocycles. The van der Waals surface area contributed by atoms with Gasteiger partial charge in [0.1, 0.15) is 5.75 Å². The number of hydrogen-bond acceptors (Lipinski definition) is 5. The van der Waals surface area contributed by atoms with Crippen LogP contribution in [-0.4, -0.2) is 41.5 Å². The number of hydrogen-bond donors (Lipinski definition) is 1.